The maximum Gasteiger partial charge on any atom is 0.417 e. The van der Waals surface area contributed by atoms with Gasteiger partial charge in [0.15, 0.2) is 9.84 Å². The van der Waals surface area contributed by atoms with Gasteiger partial charge in [-0.15, -0.1) is 0 Å². The fourth-order valence-electron chi connectivity index (χ4n) is 3.75. The third-order valence-corrected chi connectivity index (χ3v) is 8.22. The molecule has 0 aromatic heterocycles. The highest BCUT2D eigenvalue weighted by atomic mass is 79.9. The van der Waals surface area contributed by atoms with E-state index in [-0.39, 0.29) is 23.9 Å². The largest absolute Gasteiger partial charge is 0.417 e. The fourth-order valence-corrected chi connectivity index (χ4v) is 6.11. The zero-order valence-electron chi connectivity index (χ0n) is 16.0. The second kappa shape index (κ2) is 8.13. The summed E-state index contributed by atoms with van der Waals surface area (Å²) >= 11 is 2.94. The lowest BCUT2D eigenvalue weighted by molar-refractivity contribution is -0.140. The average molecular weight is 509 g/mol. The van der Waals surface area contributed by atoms with Crippen LogP contribution in [0.3, 0.4) is 0 Å². The standard InChI is InChI=1S/C19H20BrF3N2O4S/c1-2-29-15-9-12(8-13(15)17(26)25-18(10-24)5-6-18)30(27,28)16-4-3-11(20)7-14(16)19(21,22)23/h3-4,7,12-13,15H,2,5-6,8-9H2,1H3,(H,25,26)/t12?,13-,15?/m0/s1. The van der Waals surface area contributed by atoms with Crippen LogP contribution in [0, 0.1) is 17.2 Å². The van der Waals surface area contributed by atoms with Gasteiger partial charge in [-0.25, -0.2) is 8.42 Å². The van der Waals surface area contributed by atoms with E-state index in [9.17, 15) is 31.6 Å². The van der Waals surface area contributed by atoms with Gasteiger partial charge in [0.2, 0.25) is 5.91 Å². The second-order valence-corrected chi connectivity index (χ2v) is 10.7. The van der Waals surface area contributed by atoms with Crippen LogP contribution in [0.15, 0.2) is 27.6 Å². The molecule has 2 aliphatic carbocycles. The van der Waals surface area contributed by atoms with Crippen molar-refractivity contribution in [3.05, 3.63) is 28.2 Å². The molecule has 1 N–H and O–H groups in total. The van der Waals surface area contributed by atoms with E-state index >= 15 is 0 Å². The molecule has 2 aliphatic rings. The number of amides is 1. The zero-order chi connectivity index (χ0) is 22.3. The first-order valence-corrected chi connectivity index (χ1v) is 11.7. The average Bonchev–Trinajstić information content (AvgIpc) is 3.29. The molecule has 2 fully saturated rings. The van der Waals surface area contributed by atoms with Crippen LogP contribution in [-0.2, 0) is 25.5 Å². The molecule has 30 heavy (non-hydrogen) atoms. The normalized spacial score (nSPS) is 25.5. The predicted octanol–water partition coefficient (Wildman–Crippen LogP) is 3.60. The Hall–Kier alpha value is -1.64. The molecule has 0 bridgehead atoms. The Morgan fingerprint density at radius 2 is 2.03 bits per heavy atom. The molecule has 0 heterocycles. The van der Waals surface area contributed by atoms with Crippen LogP contribution in [0.25, 0.3) is 0 Å². The Morgan fingerprint density at radius 3 is 2.57 bits per heavy atom. The highest BCUT2D eigenvalue weighted by Crippen LogP contribution is 2.42. The number of halogens is 4. The molecule has 1 aromatic carbocycles. The Kier molecular flexibility index (Phi) is 6.24. The first-order valence-electron chi connectivity index (χ1n) is 9.39. The van der Waals surface area contributed by atoms with E-state index < -0.39 is 55.2 Å². The zero-order valence-corrected chi connectivity index (χ0v) is 18.4. The number of carbonyl (C=O) groups excluding carboxylic acids is 1. The van der Waals surface area contributed by atoms with Crippen molar-refractivity contribution in [2.45, 2.75) is 60.6 Å². The van der Waals surface area contributed by atoms with Crippen molar-refractivity contribution >= 4 is 31.7 Å². The molecular formula is C19H20BrF3N2O4S. The number of carbonyl (C=O) groups is 1. The number of rotatable bonds is 6. The highest BCUT2D eigenvalue weighted by molar-refractivity contribution is 9.10. The number of alkyl halides is 3. The molecule has 0 radical (unpaired) electrons. The number of nitrogens with one attached hydrogen (secondary N) is 1. The summed E-state index contributed by atoms with van der Waals surface area (Å²) in [4.78, 5) is 11.9. The van der Waals surface area contributed by atoms with Gasteiger partial charge in [-0.2, -0.15) is 18.4 Å². The minimum atomic E-state index is -4.86. The van der Waals surface area contributed by atoms with Gasteiger partial charge in [-0.05, 0) is 50.8 Å². The van der Waals surface area contributed by atoms with E-state index in [1.165, 1.54) is 6.07 Å². The summed E-state index contributed by atoms with van der Waals surface area (Å²) in [5, 5.41) is 10.6. The molecule has 2 saturated carbocycles. The number of nitriles is 1. The van der Waals surface area contributed by atoms with E-state index in [1.54, 1.807) is 6.92 Å². The predicted molar refractivity (Wildman–Crippen MR) is 104 cm³/mol. The van der Waals surface area contributed by atoms with Gasteiger partial charge >= 0.3 is 6.18 Å². The molecule has 164 valence electrons. The summed E-state index contributed by atoms with van der Waals surface area (Å²) in [6.07, 6.45) is -4.86. The van der Waals surface area contributed by atoms with Crippen LogP contribution in [0.5, 0.6) is 0 Å². The monoisotopic (exact) mass is 508 g/mol. The topological polar surface area (TPSA) is 96.3 Å². The molecule has 2 unspecified atom stereocenters. The minimum absolute atomic E-state index is 0.0961. The summed E-state index contributed by atoms with van der Waals surface area (Å²) in [6.45, 7) is 1.90. The lowest BCUT2D eigenvalue weighted by Crippen LogP contribution is -2.42. The third kappa shape index (κ3) is 4.50. The van der Waals surface area contributed by atoms with Crippen molar-refractivity contribution in [2.75, 3.05) is 6.61 Å². The molecule has 1 amide bonds. The summed E-state index contributed by atoms with van der Waals surface area (Å²) in [5.74, 6) is -1.36. The van der Waals surface area contributed by atoms with Crippen LogP contribution in [-0.4, -0.2) is 37.8 Å². The Balaban J connectivity index is 1.90. The number of benzene rings is 1. The van der Waals surface area contributed by atoms with Gasteiger partial charge in [0.25, 0.3) is 0 Å². The quantitative estimate of drug-likeness (QED) is 0.633. The van der Waals surface area contributed by atoms with E-state index in [4.69, 9.17) is 4.74 Å². The van der Waals surface area contributed by atoms with Crippen LogP contribution in [0.1, 0.15) is 38.2 Å². The Bertz CT molecular complexity index is 986. The van der Waals surface area contributed by atoms with Crippen molar-refractivity contribution in [1.82, 2.24) is 5.32 Å². The van der Waals surface area contributed by atoms with Crippen molar-refractivity contribution in [2.24, 2.45) is 5.92 Å². The minimum Gasteiger partial charge on any atom is -0.378 e. The second-order valence-electron chi connectivity index (χ2n) is 7.56. The summed E-state index contributed by atoms with van der Waals surface area (Å²) < 4.78 is 72.3. The molecule has 3 rings (SSSR count). The van der Waals surface area contributed by atoms with Gasteiger partial charge in [0.1, 0.15) is 5.54 Å². The van der Waals surface area contributed by atoms with Gasteiger partial charge in [0, 0.05) is 11.1 Å². The van der Waals surface area contributed by atoms with E-state index in [1.807, 2.05) is 6.07 Å². The molecule has 0 aliphatic heterocycles. The van der Waals surface area contributed by atoms with Crippen molar-refractivity contribution < 1.29 is 31.1 Å². The first-order chi connectivity index (χ1) is 13.9. The van der Waals surface area contributed by atoms with Crippen LogP contribution in [0.2, 0.25) is 0 Å². The molecule has 11 heteroatoms. The number of sulfone groups is 1. The van der Waals surface area contributed by atoms with Crippen molar-refractivity contribution in [3.8, 4) is 6.07 Å². The van der Waals surface area contributed by atoms with E-state index in [0.29, 0.717) is 12.8 Å². The first kappa shape index (κ1) is 23.0. The van der Waals surface area contributed by atoms with Crippen LogP contribution in [0.4, 0.5) is 13.2 Å². The SMILES string of the molecule is CCOC1CC(S(=O)(=O)c2ccc(Br)cc2C(F)(F)F)C[C@@H]1C(=O)NC1(C#N)CC1. The van der Waals surface area contributed by atoms with E-state index in [0.717, 1.165) is 12.1 Å². The molecule has 0 spiro atoms. The molecular weight excluding hydrogens is 489 g/mol. The smallest absolute Gasteiger partial charge is 0.378 e. The van der Waals surface area contributed by atoms with Crippen LogP contribution >= 0.6 is 15.9 Å². The number of nitrogens with zero attached hydrogens (tertiary/aromatic N) is 1. The summed E-state index contributed by atoms with van der Waals surface area (Å²) in [5.41, 5.74) is -2.18. The van der Waals surface area contributed by atoms with Crippen molar-refractivity contribution in [1.29, 1.82) is 5.26 Å². The highest BCUT2D eigenvalue weighted by Gasteiger charge is 2.51. The lowest BCUT2D eigenvalue weighted by atomic mass is 10.0. The lowest BCUT2D eigenvalue weighted by Gasteiger charge is -2.20. The number of hydrogen-bond acceptors (Lipinski definition) is 5. The third-order valence-electron chi connectivity index (χ3n) is 5.50. The maximum atomic E-state index is 13.5. The van der Waals surface area contributed by atoms with Gasteiger partial charge < -0.3 is 10.1 Å². The Labute approximate surface area is 180 Å². The summed E-state index contributed by atoms with van der Waals surface area (Å²) in [6, 6.07) is 4.93. The molecule has 3 atom stereocenters. The summed E-state index contributed by atoms with van der Waals surface area (Å²) in [7, 11) is -4.39. The molecule has 6 nitrogen and oxygen atoms in total. The Morgan fingerprint density at radius 1 is 1.37 bits per heavy atom. The van der Waals surface area contributed by atoms with E-state index in [2.05, 4.69) is 21.2 Å². The molecule has 0 saturated heterocycles. The number of ether oxygens (including phenoxy) is 1. The van der Waals surface area contributed by atoms with Crippen LogP contribution < -0.4 is 5.32 Å². The fraction of sp³-hybridized carbons (Fsp3) is 0.579. The molecule has 1 aromatic rings. The maximum absolute atomic E-state index is 13.5. The van der Waals surface area contributed by atoms with Gasteiger partial charge in [-0.1, -0.05) is 15.9 Å². The van der Waals surface area contributed by atoms with Gasteiger partial charge in [-0.3, -0.25) is 4.79 Å². The number of hydrogen-bond donors (Lipinski definition) is 1. The van der Waals surface area contributed by atoms with Crippen molar-refractivity contribution in [3.63, 3.8) is 0 Å². The van der Waals surface area contributed by atoms with Gasteiger partial charge in [0.05, 0.1) is 33.8 Å².